The van der Waals surface area contributed by atoms with E-state index in [1.165, 1.54) is 56.9 Å². The molecule has 1 aromatic carbocycles. The Morgan fingerprint density at radius 1 is 0.641 bits per heavy atom. The summed E-state index contributed by atoms with van der Waals surface area (Å²) in [5.41, 5.74) is 5.94. The molecule has 0 unspecified atom stereocenters. The normalized spacial score (nSPS) is 17.6. The minimum absolute atomic E-state index is 0.0733. The van der Waals surface area contributed by atoms with Crippen LogP contribution in [0.1, 0.15) is 66.4 Å². The van der Waals surface area contributed by atoms with E-state index < -0.39 is 133 Å². The van der Waals surface area contributed by atoms with Gasteiger partial charge >= 0.3 is 5.97 Å². The number of carboxylic acids is 1. The minimum Gasteiger partial charge on any atom is -0.508 e. The molecule has 0 aromatic heterocycles. The molecule has 24 heteroatoms. The smallest absolute Gasteiger partial charge is 0.328 e. The molecule has 356 valence electrons. The number of benzene rings is 1. The molecule has 0 radical (unpaired) electrons. The van der Waals surface area contributed by atoms with Crippen LogP contribution < -0.4 is 48.3 Å². The van der Waals surface area contributed by atoms with Crippen LogP contribution in [0.5, 0.6) is 5.75 Å². The summed E-state index contributed by atoms with van der Waals surface area (Å²) >= 11 is 0. The van der Waals surface area contributed by atoms with Crippen molar-refractivity contribution in [2.24, 2.45) is 11.7 Å². The highest BCUT2D eigenvalue weighted by Crippen LogP contribution is 2.18. The molecule has 0 aliphatic carbocycles. The van der Waals surface area contributed by atoms with Crippen LogP contribution in [-0.2, 0) is 54.4 Å². The van der Waals surface area contributed by atoms with Crippen LogP contribution in [0.25, 0.3) is 0 Å². The van der Waals surface area contributed by atoms with Gasteiger partial charge in [0.25, 0.3) is 0 Å². The Morgan fingerprint density at radius 2 is 1.09 bits per heavy atom. The Balaban J connectivity index is 2.17. The van der Waals surface area contributed by atoms with Crippen molar-refractivity contribution in [1.82, 2.24) is 47.4 Å². The standard InChI is InChI=1S/C40H62N10O14/c1-7-19(2)31(39(62)47-27(17-51)37(60)44-20(3)32(55)43-23(6)35(58)48-28(18-52)40(63)64)49-36(59)26(15-24-10-12-25(53)13-11-24)46-34(57)22(5)42-33(56)21(4)45-38(61)29-9-8-14-50(29)30(54)16-41/h10-13,19-23,26-29,31,51-53H,7-9,14-18,41H2,1-6H3,(H,42,56)(H,43,55)(H,44,60)(H,45,61)(H,46,57)(H,47,62)(H,48,58)(H,49,59)(H,63,64)/t19-,20-,21-,22-,23-,26-,27-,28-,29-,31-/m0/s1. The van der Waals surface area contributed by atoms with Gasteiger partial charge < -0.3 is 73.6 Å². The van der Waals surface area contributed by atoms with Crippen molar-refractivity contribution < 1.29 is 68.4 Å². The van der Waals surface area contributed by atoms with E-state index in [9.17, 15) is 58.2 Å². The molecule has 1 heterocycles. The number of aliphatic hydroxyl groups excluding tert-OH is 2. The fourth-order valence-corrected chi connectivity index (χ4v) is 6.28. The number of aliphatic hydroxyl groups is 2. The van der Waals surface area contributed by atoms with Gasteiger partial charge in [-0.3, -0.25) is 43.2 Å². The quantitative estimate of drug-likeness (QED) is 0.0462. The number of phenolic OH excluding ortho intramolecular Hbond substituents is 1. The summed E-state index contributed by atoms with van der Waals surface area (Å²) in [4.78, 5) is 130. The number of aromatic hydroxyl groups is 1. The fraction of sp³-hybridized carbons (Fsp3) is 0.600. The number of amides is 9. The number of hydrogen-bond donors (Lipinski definition) is 13. The lowest BCUT2D eigenvalue weighted by Crippen LogP contribution is -2.61. The third-order valence-electron chi connectivity index (χ3n) is 10.5. The van der Waals surface area contributed by atoms with Crippen molar-refractivity contribution in [3.63, 3.8) is 0 Å². The fourth-order valence-electron chi connectivity index (χ4n) is 6.28. The van der Waals surface area contributed by atoms with E-state index in [0.29, 0.717) is 31.4 Å². The first kappa shape index (κ1) is 53.7. The second kappa shape index (κ2) is 25.6. The van der Waals surface area contributed by atoms with Gasteiger partial charge in [0.05, 0.1) is 19.8 Å². The molecular formula is C40H62N10O14. The van der Waals surface area contributed by atoms with E-state index in [4.69, 9.17) is 15.9 Å². The predicted molar refractivity (Wildman–Crippen MR) is 225 cm³/mol. The number of carbonyl (C=O) groups is 10. The van der Waals surface area contributed by atoms with Gasteiger partial charge in [0.15, 0.2) is 0 Å². The van der Waals surface area contributed by atoms with Crippen LogP contribution in [0.3, 0.4) is 0 Å². The van der Waals surface area contributed by atoms with E-state index in [1.807, 2.05) is 5.32 Å². The number of hydrogen-bond acceptors (Lipinski definition) is 14. The van der Waals surface area contributed by atoms with E-state index in [0.717, 1.165) is 0 Å². The Hall–Kier alpha value is -6.40. The molecule has 0 spiro atoms. The number of carbonyl (C=O) groups excluding carboxylic acids is 9. The molecule has 1 fully saturated rings. The van der Waals surface area contributed by atoms with E-state index in [1.54, 1.807) is 13.8 Å². The van der Waals surface area contributed by atoms with Crippen LogP contribution in [0.4, 0.5) is 0 Å². The first-order valence-electron chi connectivity index (χ1n) is 20.7. The number of phenols is 1. The average molecular weight is 907 g/mol. The molecule has 1 aliphatic rings. The molecule has 1 aromatic rings. The van der Waals surface area contributed by atoms with E-state index in [2.05, 4.69) is 37.2 Å². The van der Waals surface area contributed by atoms with Crippen LogP contribution in [-0.4, -0.2) is 165 Å². The number of likely N-dealkylation sites (tertiary alicyclic amines) is 1. The van der Waals surface area contributed by atoms with E-state index >= 15 is 0 Å². The molecule has 1 saturated heterocycles. The van der Waals surface area contributed by atoms with Gasteiger partial charge in [0.1, 0.15) is 60.1 Å². The number of nitrogens with zero attached hydrogens (tertiary/aromatic N) is 1. The molecule has 10 atom stereocenters. The van der Waals surface area contributed by atoms with Gasteiger partial charge in [-0.1, -0.05) is 32.4 Å². The highest BCUT2D eigenvalue weighted by Gasteiger charge is 2.36. The summed E-state index contributed by atoms with van der Waals surface area (Å²) in [5, 5.41) is 57.2. The maximum Gasteiger partial charge on any atom is 0.328 e. The summed E-state index contributed by atoms with van der Waals surface area (Å²) in [5.74, 6) is -9.39. The first-order valence-corrected chi connectivity index (χ1v) is 20.7. The number of rotatable bonds is 24. The lowest BCUT2D eigenvalue weighted by molar-refractivity contribution is -0.143. The molecule has 14 N–H and O–H groups in total. The summed E-state index contributed by atoms with van der Waals surface area (Å²) in [6.45, 7) is 6.71. The Kier molecular flexibility index (Phi) is 21.5. The van der Waals surface area contributed by atoms with E-state index in [-0.39, 0.29) is 18.7 Å². The third-order valence-corrected chi connectivity index (χ3v) is 10.5. The Labute approximate surface area is 369 Å². The van der Waals surface area contributed by atoms with Gasteiger partial charge in [-0.15, -0.1) is 0 Å². The Morgan fingerprint density at radius 3 is 1.58 bits per heavy atom. The van der Waals surface area contributed by atoms with Crippen molar-refractivity contribution in [3.05, 3.63) is 29.8 Å². The maximum atomic E-state index is 14.0. The minimum atomic E-state index is -1.65. The SMILES string of the molecule is CC[C@H](C)[C@H](NC(=O)[C@H](Cc1ccc(O)cc1)NC(=O)[C@H](C)NC(=O)[C@H](C)NC(=O)[C@@H]1CCCN1C(=O)CN)C(=O)N[C@@H](CO)C(=O)N[C@@H](C)C(=O)N[C@@H](C)C(=O)N[C@@H](CO)C(=O)O. The van der Waals surface area contributed by atoms with Gasteiger partial charge in [0.2, 0.25) is 53.2 Å². The summed E-state index contributed by atoms with van der Waals surface area (Å²) < 4.78 is 0. The van der Waals surface area contributed by atoms with Gasteiger partial charge in [-0.05, 0) is 64.2 Å². The third kappa shape index (κ3) is 16.1. The summed E-state index contributed by atoms with van der Waals surface area (Å²) in [6.07, 6.45) is 1.11. The summed E-state index contributed by atoms with van der Waals surface area (Å²) in [7, 11) is 0. The van der Waals surface area contributed by atoms with Gasteiger partial charge in [-0.25, -0.2) is 4.79 Å². The van der Waals surface area contributed by atoms with Crippen molar-refractivity contribution >= 4 is 59.1 Å². The van der Waals surface area contributed by atoms with Crippen LogP contribution in [0.2, 0.25) is 0 Å². The van der Waals surface area contributed by atoms with Crippen molar-refractivity contribution in [2.75, 3.05) is 26.3 Å². The zero-order valence-electron chi connectivity index (χ0n) is 36.6. The molecule has 0 saturated carbocycles. The lowest BCUT2D eigenvalue weighted by Gasteiger charge is -2.29. The monoisotopic (exact) mass is 906 g/mol. The highest BCUT2D eigenvalue weighted by atomic mass is 16.4. The van der Waals surface area contributed by atoms with Crippen molar-refractivity contribution in [2.45, 2.75) is 122 Å². The maximum absolute atomic E-state index is 14.0. The molecule has 64 heavy (non-hydrogen) atoms. The second-order valence-corrected chi connectivity index (χ2v) is 15.5. The number of nitrogens with one attached hydrogen (secondary N) is 8. The van der Waals surface area contributed by atoms with Crippen LogP contribution >= 0.6 is 0 Å². The zero-order chi connectivity index (χ0) is 48.4. The molecule has 9 amide bonds. The van der Waals surface area contributed by atoms with Gasteiger partial charge in [-0.2, -0.15) is 0 Å². The van der Waals surface area contributed by atoms with Crippen molar-refractivity contribution in [3.8, 4) is 5.75 Å². The molecule has 0 bridgehead atoms. The summed E-state index contributed by atoms with van der Waals surface area (Å²) in [6, 6.07) is -6.17. The second-order valence-electron chi connectivity index (χ2n) is 15.5. The average Bonchev–Trinajstić information content (AvgIpc) is 3.76. The Bertz CT molecular complexity index is 1850. The first-order chi connectivity index (χ1) is 30.1. The number of carboxylic acid groups (broad SMARTS) is 1. The topological polar surface area (TPSA) is 377 Å². The highest BCUT2D eigenvalue weighted by molar-refractivity contribution is 5.98. The molecule has 24 nitrogen and oxygen atoms in total. The predicted octanol–water partition coefficient (Wildman–Crippen LogP) is -5.04. The zero-order valence-corrected chi connectivity index (χ0v) is 36.6. The molecule has 1 aliphatic heterocycles. The van der Waals surface area contributed by atoms with Crippen LogP contribution in [0.15, 0.2) is 24.3 Å². The van der Waals surface area contributed by atoms with Crippen LogP contribution in [0, 0.1) is 5.92 Å². The lowest BCUT2D eigenvalue weighted by atomic mass is 9.96. The molecule has 2 rings (SSSR count). The number of nitrogens with two attached hydrogens (primary N) is 1. The molecular weight excluding hydrogens is 844 g/mol. The number of aliphatic carboxylic acids is 1. The van der Waals surface area contributed by atoms with Gasteiger partial charge in [0, 0.05) is 13.0 Å². The largest absolute Gasteiger partial charge is 0.508 e. The van der Waals surface area contributed by atoms with Crippen molar-refractivity contribution in [1.29, 1.82) is 0 Å².